The van der Waals surface area contributed by atoms with E-state index in [2.05, 4.69) is 22.2 Å². The van der Waals surface area contributed by atoms with Crippen LogP contribution in [0.4, 0.5) is 0 Å². The van der Waals surface area contributed by atoms with Gasteiger partial charge in [-0.1, -0.05) is 17.2 Å². The molecule has 0 bridgehead atoms. The average Bonchev–Trinajstić information content (AvgIpc) is 3.27. The predicted molar refractivity (Wildman–Crippen MR) is 84.0 cm³/mol. The van der Waals surface area contributed by atoms with Crippen molar-refractivity contribution < 1.29 is 18.5 Å². The summed E-state index contributed by atoms with van der Waals surface area (Å²) in [7, 11) is 0. The highest BCUT2D eigenvalue weighted by molar-refractivity contribution is 5.61. The summed E-state index contributed by atoms with van der Waals surface area (Å²) in [6.45, 7) is 6.19. The minimum absolute atomic E-state index is 0.182. The van der Waals surface area contributed by atoms with Crippen LogP contribution in [0.3, 0.4) is 0 Å². The van der Waals surface area contributed by atoms with Crippen molar-refractivity contribution in [1.29, 1.82) is 0 Å². The van der Waals surface area contributed by atoms with Crippen molar-refractivity contribution in [2.75, 3.05) is 6.79 Å². The molecule has 0 amide bonds. The Bertz CT molecular complexity index is 864. The van der Waals surface area contributed by atoms with Gasteiger partial charge in [0.25, 0.3) is 0 Å². The maximum absolute atomic E-state index is 5.40. The van der Waals surface area contributed by atoms with Crippen molar-refractivity contribution in [2.24, 2.45) is 0 Å². The lowest BCUT2D eigenvalue weighted by molar-refractivity contribution is 0.174. The molecule has 4 rings (SSSR count). The maximum atomic E-state index is 5.40. The third-order valence-electron chi connectivity index (χ3n) is 4.16. The van der Waals surface area contributed by atoms with Crippen molar-refractivity contribution in [3.05, 3.63) is 41.1 Å². The lowest BCUT2D eigenvalue weighted by Gasteiger charge is -2.07. The first-order chi connectivity index (χ1) is 11.6. The van der Waals surface area contributed by atoms with Gasteiger partial charge in [-0.25, -0.2) is 0 Å². The molecule has 124 valence electrons. The zero-order valence-electron chi connectivity index (χ0n) is 13.7. The van der Waals surface area contributed by atoms with Crippen molar-refractivity contribution in [1.82, 2.24) is 15.3 Å². The number of hydrogen-bond donors (Lipinski definition) is 0. The first-order valence-corrected chi connectivity index (χ1v) is 7.77. The highest BCUT2D eigenvalue weighted by atomic mass is 16.7. The molecule has 0 fully saturated rings. The van der Waals surface area contributed by atoms with Gasteiger partial charge in [0.05, 0.1) is 5.69 Å². The molecular weight excluding hydrogens is 310 g/mol. The molecular formula is C17H17N3O4. The Balaban J connectivity index is 1.55. The quantitative estimate of drug-likeness (QED) is 0.726. The van der Waals surface area contributed by atoms with Gasteiger partial charge < -0.3 is 18.5 Å². The fourth-order valence-electron chi connectivity index (χ4n) is 3.05. The van der Waals surface area contributed by atoms with Crippen LogP contribution in [0.1, 0.15) is 35.7 Å². The van der Waals surface area contributed by atoms with Crippen molar-refractivity contribution in [3.8, 4) is 22.9 Å². The van der Waals surface area contributed by atoms with Crippen molar-refractivity contribution in [2.45, 2.75) is 33.1 Å². The van der Waals surface area contributed by atoms with E-state index in [0.717, 1.165) is 28.3 Å². The van der Waals surface area contributed by atoms with E-state index in [9.17, 15) is 0 Å². The Hall–Kier alpha value is -2.83. The number of nitrogens with zero attached hydrogens (tertiary/aromatic N) is 3. The van der Waals surface area contributed by atoms with Crippen LogP contribution in [0.2, 0.25) is 0 Å². The fraction of sp³-hybridized carbons (Fsp3) is 0.353. The lowest BCUT2D eigenvalue weighted by atomic mass is 9.96. The Kier molecular flexibility index (Phi) is 3.48. The molecule has 1 atom stereocenters. The summed E-state index contributed by atoms with van der Waals surface area (Å²) in [5, 5.41) is 8.07. The summed E-state index contributed by atoms with van der Waals surface area (Å²) < 4.78 is 21.3. The van der Waals surface area contributed by atoms with Gasteiger partial charge in [-0.2, -0.15) is 4.98 Å². The van der Waals surface area contributed by atoms with Gasteiger partial charge in [0, 0.05) is 17.5 Å². The van der Waals surface area contributed by atoms with Crippen molar-refractivity contribution in [3.63, 3.8) is 0 Å². The average molecular weight is 327 g/mol. The molecule has 0 N–H and O–H groups in total. The normalized spacial score (nSPS) is 14.1. The number of rotatable bonds is 4. The van der Waals surface area contributed by atoms with Crippen LogP contribution < -0.4 is 9.47 Å². The second-order valence-electron chi connectivity index (χ2n) is 5.92. The van der Waals surface area contributed by atoms with E-state index in [1.165, 1.54) is 0 Å². The van der Waals surface area contributed by atoms with Gasteiger partial charge >= 0.3 is 0 Å². The van der Waals surface area contributed by atoms with Gasteiger partial charge in [0.15, 0.2) is 11.5 Å². The molecule has 0 aliphatic carbocycles. The number of aromatic nitrogens is 3. The number of aryl methyl sites for hydroxylation is 2. The minimum atomic E-state index is 0.182. The predicted octanol–water partition coefficient (Wildman–Crippen LogP) is 3.42. The summed E-state index contributed by atoms with van der Waals surface area (Å²) in [4.78, 5) is 4.49. The summed E-state index contributed by atoms with van der Waals surface area (Å²) in [6.07, 6.45) is 0.625. The number of fused-ring (bicyclic) bond motifs is 1. The van der Waals surface area contributed by atoms with Crippen molar-refractivity contribution >= 4 is 0 Å². The third-order valence-corrected chi connectivity index (χ3v) is 4.16. The highest BCUT2D eigenvalue weighted by Gasteiger charge is 2.21. The molecule has 1 unspecified atom stereocenters. The molecule has 0 saturated carbocycles. The minimum Gasteiger partial charge on any atom is -0.454 e. The third kappa shape index (κ3) is 2.51. The van der Waals surface area contributed by atoms with E-state index in [1.807, 2.05) is 32.0 Å². The highest BCUT2D eigenvalue weighted by Crippen LogP contribution is 2.35. The molecule has 2 aromatic heterocycles. The molecule has 24 heavy (non-hydrogen) atoms. The van der Waals surface area contributed by atoms with Gasteiger partial charge in [-0.15, -0.1) is 0 Å². The molecule has 7 heteroatoms. The molecule has 1 aliphatic heterocycles. The number of ether oxygens (including phenoxy) is 2. The zero-order valence-corrected chi connectivity index (χ0v) is 13.7. The Morgan fingerprint density at radius 3 is 2.71 bits per heavy atom. The van der Waals surface area contributed by atoms with Gasteiger partial charge in [-0.3, -0.25) is 0 Å². The van der Waals surface area contributed by atoms with E-state index >= 15 is 0 Å². The second kappa shape index (κ2) is 5.67. The Morgan fingerprint density at radius 2 is 1.92 bits per heavy atom. The van der Waals surface area contributed by atoms with Gasteiger partial charge in [-0.05, 0) is 38.0 Å². The molecule has 0 spiro atoms. The molecule has 0 radical (unpaired) electrons. The van der Waals surface area contributed by atoms with E-state index in [-0.39, 0.29) is 12.7 Å². The molecule has 1 aliphatic rings. The van der Waals surface area contributed by atoms with E-state index < -0.39 is 0 Å². The SMILES string of the molecule is Cc1noc(C)c1C(C)Cc1nc(-c2ccc3c(c2)OCO3)no1. The summed E-state index contributed by atoms with van der Waals surface area (Å²) in [6, 6.07) is 5.59. The topological polar surface area (TPSA) is 83.4 Å². The first-order valence-electron chi connectivity index (χ1n) is 7.77. The molecule has 0 saturated heterocycles. The van der Waals surface area contributed by atoms with Crippen LogP contribution in [0.5, 0.6) is 11.5 Å². The van der Waals surface area contributed by atoms with E-state index in [4.69, 9.17) is 18.5 Å². The second-order valence-corrected chi connectivity index (χ2v) is 5.92. The molecule has 3 heterocycles. The number of hydrogen-bond acceptors (Lipinski definition) is 7. The van der Waals surface area contributed by atoms with Gasteiger partial charge in [0.1, 0.15) is 5.76 Å². The van der Waals surface area contributed by atoms with E-state index in [1.54, 1.807) is 0 Å². The first kappa shape index (κ1) is 14.7. The largest absolute Gasteiger partial charge is 0.454 e. The Morgan fingerprint density at radius 1 is 1.08 bits per heavy atom. The summed E-state index contributed by atoms with van der Waals surface area (Å²) in [5.74, 6) is 3.55. The van der Waals surface area contributed by atoms with Crippen LogP contribution >= 0.6 is 0 Å². The van der Waals surface area contributed by atoms with Crippen LogP contribution in [0, 0.1) is 13.8 Å². The smallest absolute Gasteiger partial charge is 0.231 e. The molecule has 3 aromatic rings. The summed E-state index contributed by atoms with van der Waals surface area (Å²) >= 11 is 0. The molecule has 1 aromatic carbocycles. The van der Waals surface area contributed by atoms with Crippen LogP contribution in [-0.2, 0) is 6.42 Å². The van der Waals surface area contributed by atoms with Crippen LogP contribution in [0.25, 0.3) is 11.4 Å². The van der Waals surface area contributed by atoms with Gasteiger partial charge in [0.2, 0.25) is 18.5 Å². The van der Waals surface area contributed by atoms with E-state index in [0.29, 0.717) is 23.9 Å². The monoisotopic (exact) mass is 327 g/mol. The number of benzene rings is 1. The maximum Gasteiger partial charge on any atom is 0.231 e. The lowest BCUT2D eigenvalue weighted by Crippen LogP contribution is -2.01. The standard InChI is InChI=1S/C17H17N3O4/c1-9(16-10(2)19-23-11(16)3)6-15-18-17(20-24-15)12-4-5-13-14(7-12)22-8-21-13/h4-5,7,9H,6,8H2,1-3H3. The summed E-state index contributed by atoms with van der Waals surface area (Å²) in [5.41, 5.74) is 2.83. The fourth-order valence-corrected chi connectivity index (χ4v) is 3.05. The van der Waals surface area contributed by atoms with Crippen LogP contribution in [0.15, 0.2) is 27.2 Å². The Labute approximate surface area is 138 Å². The van der Waals surface area contributed by atoms with Crippen LogP contribution in [-0.4, -0.2) is 22.1 Å². The zero-order chi connectivity index (χ0) is 16.7. The molecule has 7 nitrogen and oxygen atoms in total.